The van der Waals surface area contributed by atoms with E-state index in [0.717, 1.165) is 5.56 Å². The van der Waals surface area contributed by atoms with E-state index in [4.69, 9.17) is 0 Å². The first-order valence-corrected chi connectivity index (χ1v) is 8.81. The maximum absolute atomic E-state index is 11.6. The molecule has 2 unspecified atom stereocenters. The Bertz CT molecular complexity index is 624. The van der Waals surface area contributed by atoms with Gasteiger partial charge in [0.05, 0.1) is 17.6 Å². The van der Waals surface area contributed by atoms with Crippen LogP contribution in [-0.2, 0) is 15.4 Å². The highest BCUT2D eigenvalue weighted by molar-refractivity contribution is 7.91. The van der Waals surface area contributed by atoms with Crippen LogP contribution in [0.4, 0.5) is 0 Å². The fraction of sp³-hybridized carbons (Fsp3) is 0.533. The van der Waals surface area contributed by atoms with Crippen molar-refractivity contribution < 1.29 is 8.42 Å². The molecule has 114 valence electrons. The summed E-state index contributed by atoms with van der Waals surface area (Å²) >= 11 is 0. The molecule has 2 rings (SSSR count). The third-order valence-electron chi connectivity index (χ3n) is 4.20. The van der Waals surface area contributed by atoms with Crippen molar-refractivity contribution in [1.29, 1.82) is 5.26 Å². The zero-order valence-corrected chi connectivity index (χ0v) is 13.2. The molecule has 1 heterocycles. The zero-order valence-electron chi connectivity index (χ0n) is 12.4. The normalized spacial score (nSPS) is 23.6. The van der Waals surface area contributed by atoms with Gasteiger partial charge in [0.1, 0.15) is 5.54 Å². The molecule has 0 saturated carbocycles. The van der Waals surface area contributed by atoms with E-state index in [9.17, 15) is 13.7 Å². The minimum Gasteiger partial charge on any atom is -0.299 e. The summed E-state index contributed by atoms with van der Waals surface area (Å²) in [6.07, 6.45) is 0.638. The predicted molar refractivity (Wildman–Crippen MR) is 82.5 cm³/mol. The van der Waals surface area contributed by atoms with Gasteiger partial charge in [-0.25, -0.2) is 8.42 Å². The number of nitrogens with zero attached hydrogens (tertiary/aromatic N) is 2. The summed E-state index contributed by atoms with van der Waals surface area (Å²) in [5, 5.41) is 12.8. The van der Waals surface area contributed by atoms with Crippen LogP contribution in [0.15, 0.2) is 30.3 Å². The highest BCUT2D eigenvalue weighted by Gasteiger charge is 2.37. The van der Waals surface area contributed by atoms with E-state index in [1.807, 2.05) is 42.3 Å². The summed E-state index contributed by atoms with van der Waals surface area (Å²) in [5.74, 6) is 0.427. The summed E-state index contributed by atoms with van der Waals surface area (Å²) < 4.78 is 23.2. The molecule has 5 nitrogen and oxygen atoms in total. The van der Waals surface area contributed by atoms with Crippen molar-refractivity contribution in [2.45, 2.75) is 18.0 Å². The third kappa shape index (κ3) is 3.43. The number of hydrogen-bond donors (Lipinski definition) is 1. The minimum atomic E-state index is -2.92. The highest BCUT2D eigenvalue weighted by Crippen LogP contribution is 2.24. The monoisotopic (exact) mass is 307 g/mol. The molecular formula is C15H21N3O2S. The molecule has 1 aliphatic heterocycles. The number of rotatable bonds is 5. The Morgan fingerprint density at radius 1 is 1.43 bits per heavy atom. The molecule has 0 spiro atoms. The molecule has 6 heteroatoms. The highest BCUT2D eigenvalue weighted by atomic mass is 32.2. The Kier molecular flexibility index (Phi) is 4.67. The first-order valence-electron chi connectivity index (χ1n) is 6.99. The van der Waals surface area contributed by atoms with Crippen molar-refractivity contribution in [2.75, 3.05) is 32.1 Å². The Morgan fingerprint density at radius 3 is 2.57 bits per heavy atom. The molecular weight excluding hydrogens is 286 g/mol. The van der Waals surface area contributed by atoms with E-state index in [2.05, 4.69) is 11.4 Å². The van der Waals surface area contributed by atoms with Gasteiger partial charge in [0.15, 0.2) is 9.84 Å². The van der Waals surface area contributed by atoms with E-state index >= 15 is 0 Å². The van der Waals surface area contributed by atoms with Gasteiger partial charge in [0.2, 0.25) is 0 Å². The fourth-order valence-electron chi connectivity index (χ4n) is 2.82. The van der Waals surface area contributed by atoms with Crippen LogP contribution in [0.25, 0.3) is 0 Å². The topological polar surface area (TPSA) is 73.2 Å². The van der Waals surface area contributed by atoms with Crippen molar-refractivity contribution in [3.05, 3.63) is 35.9 Å². The second-order valence-corrected chi connectivity index (χ2v) is 7.83. The molecule has 1 N–H and O–H groups in total. The van der Waals surface area contributed by atoms with Crippen LogP contribution >= 0.6 is 0 Å². The first kappa shape index (κ1) is 16.0. The maximum Gasteiger partial charge on any atom is 0.151 e. The molecule has 0 radical (unpaired) electrons. The maximum atomic E-state index is 11.6. The van der Waals surface area contributed by atoms with E-state index in [-0.39, 0.29) is 17.5 Å². The summed E-state index contributed by atoms with van der Waals surface area (Å²) in [7, 11) is 0.727. The fourth-order valence-corrected chi connectivity index (χ4v) is 4.62. The van der Waals surface area contributed by atoms with Crippen molar-refractivity contribution in [3.63, 3.8) is 0 Å². The van der Waals surface area contributed by atoms with Crippen LogP contribution in [0, 0.1) is 11.3 Å². The summed E-state index contributed by atoms with van der Waals surface area (Å²) in [6, 6.07) is 11.9. The Morgan fingerprint density at radius 2 is 2.10 bits per heavy atom. The Balaban J connectivity index is 2.20. The average Bonchev–Trinajstić information content (AvgIpc) is 2.86. The Labute approximate surface area is 126 Å². The van der Waals surface area contributed by atoms with Crippen molar-refractivity contribution in [1.82, 2.24) is 10.2 Å². The number of hydrogen-bond acceptors (Lipinski definition) is 5. The van der Waals surface area contributed by atoms with Crippen molar-refractivity contribution in [2.24, 2.45) is 0 Å². The van der Waals surface area contributed by atoms with Gasteiger partial charge in [-0.3, -0.25) is 10.2 Å². The first-order chi connectivity index (χ1) is 9.92. The lowest BCUT2D eigenvalue weighted by Gasteiger charge is -2.34. The lowest BCUT2D eigenvalue weighted by molar-refractivity contribution is 0.208. The second kappa shape index (κ2) is 6.14. The van der Waals surface area contributed by atoms with E-state index in [1.54, 1.807) is 7.05 Å². The predicted octanol–water partition coefficient (Wildman–Crippen LogP) is 0.744. The molecule has 0 bridgehead atoms. The van der Waals surface area contributed by atoms with Crippen LogP contribution in [0.5, 0.6) is 0 Å². The number of likely N-dealkylation sites (N-methyl/N-ethyl adjacent to an activating group) is 2. The lowest BCUT2D eigenvalue weighted by Crippen LogP contribution is -2.50. The largest absolute Gasteiger partial charge is 0.299 e. The average molecular weight is 307 g/mol. The van der Waals surface area contributed by atoms with Crippen LogP contribution in [-0.4, -0.2) is 51.5 Å². The summed E-state index contributed by atoms with van der Waals surface area (Å²) in [4.78, 5) is 1.98. The van der Waals surface area contributed by atoms with Gasteiger partial charge >= 0.3 is 0 Å². The van der Waals surface area contributed by atoms with E-state index in [1.165, 1.54) is 0 Å². The lowest BCUT2D eigenvalue weighted by atomic mass is 9.90. The van der Waals surface area contributed by atoms with Crippen LogP contribution in [0.2, 0.25) is 0 Å². The molecule has 1 saturated heterocycles. The Hall–Kier alpha value is -1.42. The molecule has 2 atom stereocenters. The number of benzene rings is 1. The number of sulfone groups is 1. The quantitative estimate of drug-likeness (QED) is 0.869. The van der Waals surface area contributed by atoms with E-state index in [0.29, 0.717) is 13.0 Å². The van der Waals surface area contributed by atoms with Gasteiger partial charge < -0.3 is 0 Å². The van der Waals surface area contributed by atoms with Gasteiger partial charge in [-0.15, -0.1) is 0 Å². The van der Waals surface area contributed by atoms with Gasteiger partial charge in [0.25, 0.3) is 0 Å². The van der Waals surface area contributed by atoms with Gasteiger partial charge in [-0.2, -0.15) is 5.26 Å². The third-order valence-corrected chi connectivity index (χ3v) is 5.95. The summed E-state index contributed by atoms with van der Waals surface area (Å²) in [6.45, 7) is 0.449. The van der Waals surface area contributed by atoms with Crippen molar-refractivity contribution in [3.8, 4) is 6.07 Å². The SMILES string of the molecule is CNC(C#N)(CN(C)C1CCS(=O)(=O)C1)c1ccccc1. The second-order valence-electron chi connectivity index (χ2n) is 5.61. The van der Waals surface area contributed by atoms with Gasteiger partial charge in [-0.1, -0.05) is 30.3 Å². The standard InChI is InChI=1S/C15H21N3O2S/c1-17-15(11-16,13-6-4-3-5-7-13)12-18(2)14-8-9-21(19,20)10-14/h3-7,14,17H,8-10,12H2,1-2H3. The molecule has 0 amide bonds. The van der Waals surface area contributed by atoms with E-state index < -0.39 is 15.4 Å². The molecule has 21 heavy (non-hydrogen) atoms. The number of nitriles is 1. The molecule has 0 aromatic heterocycles. The van der Waals surface area contributed by atoms with Crippen LogP contribution < -0.4 is 5.32 Å². The van der Waals surface area contributed by atoms with Crippen LogP contribution in [0.3, 0.4) is 0 Å². The van der Waals surface area contributed by atoms with Crippen LogP contribution in [0.1, 0.15) is 12.0 Å². The zero-order chi connectivity index (χ0) is 15.5. The molecule has 1 aliphatic rings. The van der Waals surface area contributed by atoms with Gasteiger partial charge in [0, 0.05) is 12.6 Å². The summed E-state index contributed by atoms with van der Waals surface area (Å²) in [5.41, 5.74) is 0.0604. The molecule has 0 aliphatic carbocycles. The molecule has 1 aromatic rings. The number of nitrogens with one attached hydrogen (secondary N) is 1. The van der Waals surface area contributed by atoms with Gasteiger partial charge in [-0.05, 0) is 26.1 Å². The van der Waals surface area contributed by atoms with Crippen molar-refractivity contribution >= 4 is 9.84 Å². The molecule has 1 aromatic carbocycles. The minimum absolute atomic E-state index is 0.0141. The molecule has 1 fully saturated rings. The smallest absolute Gasteiger partial charge is 0.151 e.